The number of alkyl halides is 1. The number of likely N-dealkylation sites (N-methyl/N-ethyl adjacent to an activating group) is 1. The Balaban J connectivity index is 1.19. The van der Waals surface area contributed by atoms with Gasteiger partial charge < -0.3 is 14.5 Å². The molecule has 3 aliphatic rings. The highest BCUT2D eigenvalue weighted by Crippen LogP contribution is 2.41. The first-order valence-electron chi connectivity index (χ1n) is 18.0. The Hall–Kier alpha value is -5.68. The Morgan fingerprint density at radius 1 is 1.15 bits per heavy atom. The van der Waals surface area contributed by atoms with Gasteiger partial charge in [0, 0.05) is 68.1 Å². The van der Waals surface area contributed by atoms with Crippen molar-refractivity contribution in [1.82, 2.24) is 34.9 Å². The molecular formula is C40H36F4N8O2. The molecule has 10 nitrogen and oxygen atoms in total. The van der Waals surface area contributed by atoms with Gasteiger partial charge in [-0.15, -0.1) is 6.42 Å². The van der Waals surface area contributed by atoms with E-state index in [4.69, 9.17) is 16.1 Å². The number of pyridine rings is 1. The SMILES string of the molecule is C#Cc1c(F)ccc2cccc(-c3ncc4c(N(CC)C5CCN(C(=O)/C(F)=C/c6cccnn6)C5)nc(OC[C@@]56CCCN5C[C@H](F)C6)nc4c3F)c12. The number of nitrogens with zero attached hydrogens (tertiary/aromatic N) is 8. The van der Waals surface area contributed by atoms with Crippen LogP contribution in [0.1, 0.15) is 43.9 Å². The number of carbonyl (C=O) groups excluding carboxylic acids is 1. The number of anilines is 1. The number of aromatic nitrogens is 5. The Morgan fingerprint density at radius 2 is 2.02 bits per heavy atom. The highest BCUT2D eigenvalue weighted by Gasteiger charge is 2.49. The molecule has 54 heavy (non-hydrogen) atoms. The van der Waals surface area contributed by atoms with Crippen molar-refractivity contribution < 1.29 is 27.1 Å². The van der Waals surface area contributed by atoms with E-state index >= 15 is 8.78 Å². The monoisotopic (exact) mass is 736 g/mol. The molecule has 5 aromatic rings. The summed E-state index contributed by atoms with van der Waals surface area (Å²) >= 11 is 0. The second kappa shape index (κ2) is 14.3. The first-order valence-corrected chi connectivity index (χ1v) is 18.0. The molecule has 3 atom stereocenters. The Kier molecular flexibility index (Phi) is 9.35. The number of ether oxygens (including phenoxy) is 1. The van der Waals surface area contributed by atoms with Crippen molar-refractivity contribution in [3.05, 3.63) is 83.6 Å². The lowest BCUT2D eigenvalue weighted by Crippen LogP contribution is -2.43. The first kappa shape index (κ1) is 35.4. The molecule has 6 heterocycles. The summed E-state index contributed by atoms with van der Waals surface area (Å²) in [7, 11) is 0. The van der Waals surface area contributed by atoms with E-state index in [2.05, 4.69) is 31.0 Å². The van der Waals surface area contributed by atoms with Crippen LogP contribution < -0.4 is 9.64 Å². The van der Waals surface area contributed by atoms with Gasteiger partial charge in [-0.05, 0) is 56.3 Å². The summed E-state index contributed by atoms with van der Waals surface area (Å²) in [6.07, 6.45) is 11.2. The quantitative estimate of drug-likeness (QED) is 0.0983. The minimum atomic E-state index is -0.976. The number of halogens is 4. The molecule has 0 N–H and O–H groups in total. The number of benzene rings is 2. The second-order valence-corrected chi connectivity index (χ2v) is 14.0. The molecule has 1 amide bonds. The molecule has 3 aliphatic heterocycles. The fraction of sp³-hybridized carbons (Fsp3) is 0.350. The van der Waals surface area contributed by atoms with E-state index in [0.29, 0.717) is 42.5 Å². The number of likely N-dealkylation sites (tertiary alicyclic amines) is 1. The Labute approximate surface area is 308 Å². The average molecular weight is 737 g/mol. The van der Waals surface area contributed by atoms with E-state index in [9.17, 15) is 13.6 Å². The summed E-state index contributed by atoms with van der Waals surface area (Å²) < 4.78 is 67.9. The maximum absolute atomic E-state index is 17.0. The van der Waals surface area contributed by atoms with Crippen LogP contribution in [-0.4, -0.2) is 97.9 Å². The molecule has 1 unspecified atom stereocenters. The highest BCUT2D eigenvalue weighted by molar-refractivity contribution is 6.02. The van der Waals surface area contributed by atoms with Crippen LogP contribution in [0.3, 0.4) is 0 Å². The summed E-state index contributed by atoms with van der Waals surface area (Å²) in [4.78, 5) is 32.5. The number of carbonyl (C=O) groups is 1. The summed E-state index contributed by atoms with van der Waals surface area (Å²) in [5.74, 6) is -0.441. The minimum Gasteiger partial charge on any atom is -0.461 e. The summed E-state index contributed by atoms with van der Waals surface area (Å²) in [5, 5.41) is 8.78. The lowest BCUT2D eigenvalue weighted by atomic mass is 9.95. The van der Waals surface area contributed by atoms with Crippen molar-refractivity contribution in [1.29, 1.82) is 0 Å². The largest absolute Gasteiger partial charge is 0.461 e. The van der Waals surface area contributed by atoms with Crippen molar-refractivity contribution >= 4 is 39.5 Å². The Bertz CT molecular complexity index is 2340. The smallest absolute Gasteiger partial charge is 0.319 e. The van der Waals surface area contributed by atoms with Crippen molar-refractivity contribution in [2.24, 2.45) is 0 Å². The maximum atomic E-state index is 17.0. The van der Waals surface area contributed by atoms with Gasteiger partial charge in [0.2, 0.25) is 0 Å². The molecule has 14 heteroatoms. The van der Waals surface area contributed by atoms with Crippen LogP contribution in [0, 0.1) is 24.0 Å². The number of hydrogen-bond donors (Lipinski definition) is 0. The molecule has 3 saturated heterocycles. The molecule has 3 fully saturated rings. The number of fused-ring (bicyclic) bond motifs is 3. The minimum absolute atomic E-state index is 0.0135. The lowest BCUT2D eigenvalue weighted by Gasteiger charge is -2.32. The molecule has 0 spiro atoms. The van der Waals surface area contributed by atoms with Crippen molar-refractivity contribution in [3.8, 4) is 29.6 Å². The van der Waals surface area contributed by atoms with Crippen molar-refractivity contribution in [2.75, 3.05) is 44.2 Å². The zero-order chi connectivity index (χ0) is 37.6. The maximum Gasteiger partial charge on any atom is 0.319 e. The Morgan fingerprint density at radius 3 is 2.81 bits per heavy atom. The molecular weight excluding hydrogens is 700 g/mol. The third-order valence-electron chi connectivity index (χ3n) is 10.8. The molecule has 0 saturated carbocycles. The average Bonchev–Trinajstić information content (AvgIpc) is 3.89. The molecule has 0 bridgehead atoms. The zero-order valence-electron chi connectivity index (χ0n) is 29.5. The normalized spacial score (nSPS) is 21.5. The van der Waals surface area contributed by atoms with E-state index in [0.717, 1.165) is 25.5 Å². The fourth-order valence-electron chi connectivity index (χ4n) is 8.33. The second-order valence-electron chi connectivity index (χ2n) is 14.0. The molecule has 8 rings (SSSR count). The van der Waals surface area contributed by atoms with E-state index < -0.39 is 35.1 Å². The van der Waals surface area contributed by atoms with E-state index in [1.165, 1.54) is 23.4 Å². The van der Waals surface area contributed by atoms with Gasteiger partial charge in [0.1, 0.15) is 35.6 Å². The first-order chi connectivity index (χ1) is 26.2. The van der Waals surface area contributed by atoms with E-state index in [-0.39, 0.29) is 65.2 Å². The number of amides is 1. The molecule has 276 valence electrons. The van der Waals surface area contributed by atoms with E-state index in [1.807, 2.05) is 11.8 Å². The third kappa shape index (κ3) is 6.26. The third-order valence-corrected chi connectivity index (χ3v) is 10.8. The predicted molar refractivity (Wildman–Crippen MR) is 196 cm³/mol. The molecule has 3 aromatic heterocycles. The van der Waals surface area contributed by atoms with Crippen LogP contribution in [0.5, 0.6) is 6.01 Å². The molecule has 0 radical (unpaired) electrons. The van der Waals surface area contributed by atoms with Crippen LogP contribution in [0.25, 0.3) is 39.0 Å². The van der Waals surface area contributed by atoms with Gasteiger partial charge in [-0.3, -0.25) is 14.7 Å². The summed E-state index contributed by atoms with van der Waals surface area (Å²) in [6, 6.07) is 10.6. The van der Waals surface area contributed by atoms with Gasteiger partial charge in [0.15, 0.2) is 11.6 Å². The molecule has 0 aliphatic carbocycles. The van der Waals surface area contributed by atoms with Crippen LogP contribution in [0.2, 0.25) is 0 Å². The number of terminal acetylenes is 1. The number of rotatable bonds is 9. The number of hydrogen-bond acceptors (Lipinski definition) is 9. The van der Waals surface area contributed by atoms with Gasteiger partial charge in [-0.2, -0.15) is 20.2 Å². The molecule has 2 aromatic carbocycles. The van der Waals surface area contributed by atoms with Crippen LogP contribution in [0.4, 0.5) is 23.4 Å². The van der Waals surface area contributed by atoms with E-state index in [1.54, 1.807) is 36.4 Å². The van der Waals surface area contributed by atoms with Crippen LogP contribution in [-0.2, 0) is 4.79 Å². The van der Waals surface area contributed by atoms with Gasteiger partial charge in [0.25, 0.3) is 5.91 Å². The fourth-order valence-corrected chi connectivity index (χ4v) is 8.33. The van der Waals surface area contributed by atoms with Crippen LogP contribution >= 0.6 is 0 Å². The van der Waals surface area contributed by atoms with Gasteiger partial charge in [0.05, 0.1) is 22.2 Å². The standard InChI is InChI=1S/C40H36F4N8O2/c1-3-28-31(42)12-11-24-8-5-10-29(33(24)28)35-34(44)36-30(20-45-35)37(48-39(47-36)54-23-40-14-7-16-51(40)21-25(41)19-40)52(4-2)27-13-17-50(22-27)38(53)32(43)18-26-9-6-15-46-49-26/h1,5-6,8-12,15,18,20,25,27H,4,7,13-14,16-17,19,21-23H2,2H3/b32-18-/t25-,27?,40+/m1/s1. The summed E-state index contributed by atoms with van der Waals surface area (Å²) in [5.41, 5.74) is -0.205. The van der Waals surface area contributed by atoms with Gasteiger partial charge >= 0.3 is 6.01 Å². The zero-order valence-corrected chi connectivity index (χ0v) is 29.5. The predicted octanol–water partition coefficient (Wildman–Crippen LogP) is 6.29. The summed E-state index contributed by atoms with van der Waals surface area (Å²) in [6.45, 7) is 3.91. The van der Waals surface area contributed by atoms with Gasteiger partial charge in [-0.1, -0.05) is 30.2 Å². The van der Waals surface area contributed by atoms with Crippen LogP contribution in [0.15, 0.2) is 60.7 Å². The lowest BCUT2D eigenvalue weighted by molar-refractivity contribution is -0.127. The van der Waals surface area contributed by atoms with Gasteiger partial charge in [-0.25, -0.2) is 17.6 Å². The van der Waals surface area contributed by atoms with Crippen molar-refractivity contribution in [3.63, 3.8) is 0 Å². The topological polar surface area (TPSA) is 100 Å². The van der Waals surface area contributed by atoms with Crippen molar-refractivity contribution in [2.45, 2.75) is 50.4 Å². The highest BCUT2D eigenvalue weighted by atomic mass is 19.1.